The van der Waals surface area contributed by atoms with Crippen LogP contribution in [0.5, 0.6) is 0 Å². The maximum absolute atomic E-state index is 13.5. The third kappa shape index (κ3) is 3.23. The fourth-order valence-corrected chi connectivity index (χ4v) is 1.97. The summed E-state index contributed by atoms with van der Waals surface area (Å²) in [6.45, 7) is 2.77. The average molecular weight is 264 g/mol. The van der Waals surface area contributed by atoms with Gasteiger partial charge in [0.25, 0.3) is 0 Å². The molecule has 94 valence electrons. The van der Waals surface area contributed by atoms with Crippen LogP contribution < -0.4 is 5.32 Å². The Morgan fingerprint density at radius 2 is 1.89 bits per heavy atom. The Morgan fingerprint density at radius 3 is 2.61 bits per heavy atom. The summed E-state index contributed by atoms with van der Waals surface area (Å²) in [7, 11) is 0. The van der Waals surface area contributed by atoms with E-state index in [9.17, 15) is 4.39 Å². The first kappa shape index (κ1) is 12.9. The lowest BCUT2D eigenvalue weighted by molar-refractivity contribution is 0.628. The Kier molecular flexibility index (Phi) is 4.21. The van der Waals surface area contributed by atoms with Gasteiger partial charge in [-0.15, -0.1) is 0 Å². The Balaban J connectivity index is 2.01. The number of rotatable bonds is 4. The topological polar surface area (TPSA) is 12.0 Å². The zero-order valence-corrected chi connectivity index (χ0v) is 10.9. The molecule has 2 aromatic rings. The second kappa shape index (κ2) is 5.87. The van der Waals surface area contributed by atoms with Gasteiger partial charge >= 0.3 is 0 Å². The van der Waals surface area contributed by atoms with E-state index in [-0.39, 0.29) is 5.82 Å². The molecule has 0 aromatic heterocycles. The lowest BCUT2D eigenvalue weighted by Crippen LogP contribution is -2.10. The van der Waals surface area contributed by atoms with Crippen LogP contribution in [0.3, 0.4) is 0 Å². The highest BCUT2D eigenvalue weighted by Crippen LogP contribution is 2.21. The summed E-state index contributed by atoms with van der Waals surface area (Å²) >= 11 is 5.84. The van der Waals surface area contributed by atoms with Gasteiger partial charge in [-0.25, -0.2) is 4.39 Å². The van der Waals surface area contributed by atoms with Gasteiger partial charge in [-0.1, -0.05) is 48.9 Å². The van der Waals surface area contributed by atoms with Crippen molar-refractivity contribution in [3.05, 3.63) is 64.9 Å². The smallest absolute Gasteiger partial charge is 0.146 e. The van der Waals surface area contributed by atoms with Crippen LogP contribution >= 0.6 is 11.6 Å². The van der Waals surface area contributed by atoms with E-state index in [1.54, 1.807) is 12.1 Å². The van der Waals surface area contributed by atoms with E-state index >= 15 is 0 Å². The zero-order valence-electron chi connectivity index (χ0n) is 10.2. The van der Waals surface area contributed by atoms with Crippen molar-refractivity contribution >= 4 is 17.3 Å². The molecule has 0 aliphatic rings. The van der Waals surface area contributed by atoms with Gasteiger partial charge in [0.1, 0.15) is 5.82 Å². The van der Waals surface area contributed by atoms with Gasteiger partial charge in [0.15, 0.2) is 0 Å². The molecule has 1 nitrogen and oxygen atoms in total. The predicted octanol–water partition coefficient (Wildman–Crippen LogP) is 4.69. The Labute approximate surface area is 112 Å². The van der Waals surface area contributed by atoms with Gasteiger partial charge in [0, 0.05) is 11.6 Å². The number of anilines is 1. The average Bonchev–Trinajstić information content (AvgIpc) is 2.40. The van der Waals surface area contributed by atoms with Gasteiger partial charge in [0.2, 0.25) is 0 Å². The molecular formula is C15H15ClFN. The van der Waals surface area contributed by atoms with Gasteiger partial charge in [0.05, 0.1) is 5.69 Å². The summed E-state index contributed by atoms with van der Waals surface area (Å²) < 4.78 is 13.5. The monoisotopic (exact) mass is 263 g/mol. The maximum Gasteiger partial charge on any atom is 0.146 e. The first-order valence-corrected chi connectivity index (χ1v) is 6.28. The van der Waals surface area contributed by atoms with Gasteiger partial charge in [-0.2, -0.15) is 0 Å². The molecule has 0 fully saturated rings. The van der Waals surface area contributed by atoms with E-state index in [1.165, 1.54) is 11.6 Å². The summed E-state index contributed by atoms with van der Waals surface area (Å²) in [6, 6.07) is 14.7. The van der Waals surface area contributed by atoms with Crippen molar-refractivity contribution in [1.29, 1.82) is 0 Å². The lowest BCUT2D eigenvalue weighted by atomic mass is 10.0. The van der Waals surface area contributed by atoms with Crippen molar-refractivity contribution in [3.63, 3.8) is 0 Å². The van der Waals surface area contributed by atoms with Crippen molar-refractivity contribution in [3.8, 4) is 0 Å². The maximum atomic E-state index is 13.5. The molecule has 0 aliphatic carbocycles. The van der Waals surface area contributed by atoms with Gasteiger partial charge in [-0.3, -0.25) is 0 Å². The molecule has 2 aromatic carbocycles. The second-order valence-electron chi connectivity index (χ2n) is 4.32. The molecule has 1 atom stereocenters. The summed E-state index contributed by atoms with van der Waals surface area (Å²) in [5.74, 6) is 0.0317. The third-order valence-electron chi connectivity index (χ3n) is 2.90. The number of hydrogen-bond acceptors (Lipinski definition) is 1. The van der Waals surface area contributed by atoms with Gasteiger partial charge < -0.3 is 5.32 Å². The standard InChI is InChI=1S/C15H15ClFN/c1-11(12-5-3-2-4-6-12)10-18-15-9-13(16)7-8-14(15)17/h2-9,11,18H,10H2,1H3. The Hall–Kier alpha value is -1.54. The zero-order chi connectivity index (χ0) is 13.0. The minimum Gasteiger partial charge on any atom is -0.382 e. The SMILES string of the molecule is CC(CNc1cc(Cl)ccc1F)c1ccccc1. The largest absolute Gasteiger partial charge is 0.382 e. The van der Waals surface area contributed by atoms with Crippen LogP contribution in [0.1, 0.15) is 18.4 Å². The highest BCUT2D eigenvalue weighted by molar-refractivity contribution is 6.30. The molecule has 1 unspecified atom stereocenters. The molecule has 18 heavy (non-hydrogen) atoms. The van der Waals surface area contributed by atoms with Crippen molar-refractivity contribution in [2.45, 2.75) is 12.8 Å². The summed E-state index contributed by atoms with van der Waals surface area (Å²) in [5.41, 5.74) is 1.68. The van der Waals surface area contributed by atoms with Crippen molar-refractivity contribution < 1.29 is 4.39 Å². The molecule has 0 spiro atoms. The molecule has 0 heterocycles. The molecule has 0 saturated carbocycles. The molecule has 2 rings (SSSR count). The first-order chi connectivity index (χ1) is 8.66. The normalized spacial score (nSPS) is 12.2. The first-order valence-electron chi connectivity index (χ1n) is 5.90. The van der Waals surface area contributed by atoms with Crippen LogP contribution in [0.25, 0.3) is 0 Å². The van der Waals surface area contributed by atoms with E-state index in [4.69, 9.17) is 11.6 Å². The molecule has 3 heteroatoms. The molecule has 0 saturated heterocycles. The van der Waals surface area contributed by atoms with E-state index < -0.39 is 0 Å². The molecule has 1 N–H and O–H groups in total. The minimum absolute atomic E-state index is 0.278. The van der Waals surface area contributed by atoms with Crippen molar-refractivity contribution in [1.82, 2.24) is 0 Å². The Bertz CT molecular complexity index is 513. The highest BCUT2D eigenvalue weighted by atomic mass is 35.5. The van der Waals surface area contributed by atoms with Crippen LogP contribution in [0, 0.1) is 5.82 Å². The van der Waals surface area contributed by atoms with Crippen LogP contribution in [0.4, 0.5) is 10.1 Å². The van der Waals surface area contributed by atoms with Crippen molar-refractivity contribution in [2.75, 3.05) is 11.9 Å². The minimum atomic E-state index is -0.278. The molecule has 0 bridgehead atoms. The molecular weight excluding hydrogens is 249 g/mol. The van der Waals surface area contributed by atoms with E-state index in [1.807, 2.05) is 18.2 Å². The predicted molar refractivity (Wildman–Crippen MR) is 74.8 cm³/mol. The summed E-state index contributed by atoms with van der Waals surface area (Å²) in [5, 5.41) is 3.63. The molecule has 0 aliphatic heterocycles. The fourth-order valence-electron chi connectivity index (χ4n) is 1.80. The summed E-state index contributed by atoms with van der Waals surface area (Å²) in [6.07, 6.45) is 0. The van der Waals surface area contributed by atoms with Gasteiger partial charge in [-0.05, 0) is 29.7 Å². The Morgan fingerprint density at radius 1 is 1.17 bits per heavy atom. The highest BCUT2D eigenvalue weighted by Gasteiger charge is 2.07. The lowest BCUT2D eigenvalue weighted by Gasteiger charge is -2.14. The number of halogens is 2. The third-order valence-corrected chi connectivity index (χ3v) is 3.13. The second-order valence-corrected chi connectivity index (χ2v) is 4.75. The molecule has 0 radical (unpaired) electrons. The van der Waals surface area contributed by atoms with Crippen LogP contribution in [-0.2, 0) is 0 Å². The van der Waals surface area contributed by atoms with Crippen LogP contribution in [0.2, 0.25) is 5.02 Å². The van der Waals surface area contributed by atoms with E-state index in [0.29, 0.717) is 23.2 Å². The van der Waals surface area contributed by atoms with E-state index in [2.05, 4.69) is 24.4 Å². The number of nitrogens with one attached hydrogen (secondary N) is 1. The van der Waals surface area contributed by atoms with Crippen LogP contribution in [-0.4, -0.2) is 6.54 Å². The fraction of sp³-hybridized carbons (Fsp3) is 0.200. The molecule has 0 amide bonds. The van der Waals surface area contributed by atoms with Crippen molar-refractivity contribution in [2.24, 2.45) is 0 Å². The number of benzene rings is 2. The number of hydrogen-bond donors (Lipinski definition) is 1. The quantitative estimate of drug-likeness (QED) is 0.843. The van der Waals surface area contributed by atoms with Crippen LogP contribution in [0.15, 0.2) is 48.5 Å². The summed E-state index contributed by atoms with van der Waals surface area (Å²) in [4.78, 5) is 0. The van der Waals surface area contributed by atoms with E-state index in [0.717, 1.165) is 0 Å².